The fourth-order valence-corrected chi connectivity index (χ4v) is 3.17. The molecule has 2 heterocycles. The highest BCUT2D eigenvalue weighted by Crippen LogP contribution is 2.20. The van der Waals surface area contributed by atoms with Crippen molar-refractivity contribution in [2.75, 3.05) is 27.2 Å². The number of piperidine rings is 1. The second-order valence-electron chi connectivity index (χ2n) is 6.15. The molecule has 1 N–H and O–H groups in total. The predicted molar refractivity (Wildman–Crippen MR) is 89.3 cm³/mol. The topological polar surface area (TPSA) is 78.5 Å². The number of methoxy groups -OCH3 is 1. The quantitative estimate of drug-likeness (QED) is 0.933. The lowest BCUT2D eigenvalue weighted by Crippen LogP contribution is -2.45. The average molecular weight is 330 g/mol. The summed E-state index contributed by atoms with van der Waals surface area (Å²) in [7, 11) is 3.13. The number of fused-ring (bicyclic) bond motifs is 1. The van der Waals surface area contributed by atoms with Crippen molar-refractivity contribution >= 4 is 23.0 Å². The molecule has 1 aromatic heterocycles. The molecule has 7 heteroatoms. The van der Waals surface area contributed by atoms with E-state index < -0.39 is 0 Å². The van der Waals surface area contributed by atoms with Gasteiger partial charge in [-0.1, -0.05) is 12.1 Å². The van der Waals surface area contributed by atoms with Gasteiger partial charge in [0.2, 0.25) is 5.91 Å². The summed E-state index contributed by atoms with van der Waals surface area (Å²) in [5.74, 6) is 0.601. The largest absolute Gasteiger partial charge is 0.453 e. The Morgan fingerprint density at radius 2 is 2.21 bits per heavy atom. The lowest BCUT2D eigenvalue weighted by molar-refractivity contribution is -0.136. The van der Waals surface area contributed by atoms with E-state index in [1.54, 1.807) is 16.8 Å². The number of nitrogens with one attached hydrogen (secondary N) is 1. The number of imidazole rings is 1. The van der Waals surface area contributed by atoms with Gasteiger partial charge < -0.3 is 19.5 Å². The van der Waals surface area contributed by atoms with E-state index in [2.05, 4.69) is 9.97 Å². The monoisotopic (exact) mass is 330 g/mol. The van der Waals surface area contributed by atoms with Crippen LogP contribution in [0.15, 0.2) is 24.3 Å². The van der Waals surface area contributed by atoms with Crippen molar-refractivity contribution in [3.05, 3.63) is 30.1 Å². The van der Waals surface area contributed by atoms with Crippen LogP contribution < -0.4 is 0 Å². The van der Waals surface area contributed by atoms with Crippen LogP contribution in [0.2, 0.25) is 0 Å². The molecule has 0 aliphatic carbocycles. The van der Waals surface area contributed by atoms with Gasteiger partial charge in [-0.25, -0.2) is 9.78 Å². The second-order valence-corrected chi connectivity index (χ2v) is 6.15. The van der Waals surface area contributed by atoms with Crippen LogP contribution in [-0.2, 0) is 16.1 Å². The van der Waals surface area contributed by atoms with E-state index in [0.717, 1.165) is 29.7 Å². The zero-order valence-electron chi connectivity index (χ0n) is 14.0. The SMILES string of the molecule is COC(=O)N1CCC[C@@H](C(=O)N(C)Cc2nc3ccccc3[nH]2)C1. The van der Waals surface area contributed by atoms with E-state index in [4.69, 9.17) is 4.74 Å². The van der Waals surface area contributed by atoms with E-state index in [-0.39, 0.29) is 17.9 Å². The zero-order chi connectivity index (χ0) is 17.1. The fourth-order valence-electron chi connectivity index (χ4n) is 3.17. The number of carbonyl (C=O) groups excluding carboxylic acids is 2. The van der Waals surface area contributed by atoms with Crippen molar-refractivity contribution in [3.8, 4) is 0 Å². The van der Waals surface area contributed by atoms with Crippen molar-refractivity contribution in [2.24, 2.45) is 5.92 Å². The molecule has 0 spiro atoms. The van der Waals surface area contributed by atoms with Crippen LogP contribution in [-0.4, -0.2) is 59.0 Å². The number of likely N-dealkylation sites (tertiary alicyclic amines) is 1. The molecule has 1 aliphatic heterocycles. The summed E-state index contributed by atoms with van der Waals surface area (Å²) in [4.78, 5) is 35.3. The van der Waals surface area contributed by atoms with Gasteiger partial charge >= 0.3 is 6.09 Å². The van der Waals surface area contributed by atoms with E-state index in [9.17, 15) is 9.59 Å². The Kier molecular flexibility index (Phi) is 4.69. The van der Waals surface area contributed by atoms with Crippen molar-refractivity contribution in [2.45, 2.75) is 19.4 Å². The molecule has 1 aromatic carbocycles. The van der Waals surface area contributed by atoms with Gasteiger partial charge in [0.1, 0.15) is 5.82 Å². The Labute approximate surface area is 140 Å². The molecule has 1 saturated heterocycles. The molecular weight excluding hydrogens is 308 g/mol. The maximum absolute atomic E-state index is 12.7. The molecular formula is C17H22N4O3. The minimum atomic E-state index is -0.368. The van der Waals surface area contributed by atoms with Crippen LogP contribution in [0, 0.1) is 5.92 Å². The molecule has 2 amide bonds. The Bertz CT molecular complexity index is 709. The summed E-state index contributed by atoms with van der Waals surface area (Å²) >= 11 is 0. The molecule has 0 saturated carbocycles. The Morgan fingerprint density at radius 1 is 1.42 bits per heavy atom. The standard InChI is InChI=1S/C17H22N4O3/c1-20(11-15-18-13-7-3-4-8-14(13)19-15)16(22)12-6-5-9-21(10-12)17(23)24-2/h3-4,7-8,12H,5-6,9-11H2,1-2H3,(H,18,19)/t12-/m1/s1. The van der Waals surface area contributed by atoms with Gasteiger partial charge in [0, 0.05) is 20.1 Å². The lowest BCUT2D eigenvalue weighted by Gasteiger charge is -2.32. The molecule has 0 bridgehead atoms. The molecule has 2 aromatic rings. The maximum atomic E-state index is 12.7. The van der Waals surface area contributed by atoms with Gasteiger partial charge in [0.05, 0.1) is 30.6 Å². The highest BCUT2D eigenvalue weighted by atomic mass is 16.5. The first-order valence-electron chi connectivity index (χ1n) is 8.10. The number of aromatic amines is 1. The number of benzene rings is 1. The van der Waals surface area contributed by atoms with Gasteiger partial charge in [-0.15, -0.1) is 0 Å². The lowest BCUT2D eigenvalue weighted by atomic mass is 9.97. The Morgan fingerprint density at radius 3 is 2.96 bits per heavy atom. The number of nitrogens with zero attached hydrogens (tertiary/aromatic N) is 3. The van der Waals surface area contributed by atoms with Crippen LogP contribution in [0.4, 0.5) is 4.79 Å². The smallest absolute Gasteiger partial charge is 0.409 e. The summed E-state index contributed by atoms with van der Waals surface area (Å²) in [6, 6.07) is 7.78. The summed E-state index contributed by atoms with van der Waals surface area (Å²) in [6.07, 6.45) is 1.23. The number of amides is 2. The summed E-state index contributed by atoms with van der Waals surface area (Å²) in [6.45, 7) is 1.47. The molecule has 128 valence electrons. The van der Waals surface area contributed by atoms with Crippen molar-refractivity contribution in [3.63, 3.8) is 0 Å². The van der Waals surface area contributed by atoms with Crippen LogP contribution in [0.3, 0.4) is 0 Å². The van der Waals surface area contributed by atoms with Crippen molar-refractivity contribution in [1.82, 2.24) is 19.8 Å². The third-order valence-electron chi connectivity index (χ3n) is 4.41. The van der Waals surface area contributed by atoms with Crippen molar-refractivity contribution < 1.29 is 14.3 Å². The van der Waals surface area contributed by atoms with Gasteiger partial charge in [-0.3, -0.25) is 4.79 Å². The van der Waals surface area contributed by atoms with Crippen LogP contribution in [0.25, 0.3) is 11.0 Å². The first kappa shape index (κ1) is 16.3. The Balaban J connectivity index is 1.64. The van der Waals surface area contributed by atoms with Crippen LogP contribution in [0.1, 0.15) is 18.7 Å². The van der Waals surface area contributed by atoms with E-state index >= 15 is 0 Å². The Hall–Kier alpha value is -2.57. The minimum Gasteiger partial charge on any atom is -0.453 e. The van der Waals surface area contributed by atoms with Gasteiger partial charge in [-0.05, 0) is 25.0 Å². The number of rotatable bonds is 3. The molecule has 1 atom stereocenters. The number of H-pyrrole nitrogens is 1. The molecule has 1 aliphatic rings. The average Bonchev–Trinajstić information content (AvgIpc) is 3.02. The number of carbonyl (C=O) groups is 2. The first-order valence-corrected chi connectivity index (χ1v) is 8.10. The summed E-state index contributed by atoms with van der Waals surface area (Å²) in [5.41, 5.74) is 1.85. The maximum Gasteiger partial charge on any atom is 0.409 e. The normalized spacial score (nSPS) is 17.8. The number of aromatic nitrogens is 2. The summed E-state index contributed by atoms with van der Waals surface area (Å²) in [5, 5.41) is 0. The van der Waals surface area contributed by atoms with Crippen LogP contribution >= 0.6 is 0 Å². The van der Waals surface area contributed by atoms with Crippen LogP contribution in [0.5, 0.6) is 0 Å². The third-order valence-corrected chi connectivity index (χ3v) is 4.41. The number of hydrogen-bond donors (Lipinski definition) is 1. The van der Waals surface area contributed by atoms with Crippen molar-refractivity contribution in [1.29, 1.82) is 0 Å². The van der Waals surface area contributed by atoms with Gasteiger partial charge in [0.15, 0.2) is 0 Å². The number of para-hydroxylation sites is 2. The molecule has 24 heavy (non-hydrogen) atoms. The second kappa shape index (κ2) is 6.90. The molecule has 7 nitrogen and oxygen atoms in total. The number of hydrogen-bond acceptors (Lipinski definition) is 4. The third kappa shape index (κ3) is 3.34. The zero-order valence-corrected chi connectivity index (χ0v) is 14.0. The minimum absolute atomic E-state index is 0.0315. The first-order chi connectivity index (χ1) is 11.6. The summed E-state index contributed by atoms with van der Waals surface area (Å²) < 4.78 is 4.75. The number of ether oxygens (including phenoxy) is 1. The predicted octanol–water partition coefficient (Wildman–Crippen LogP) is 2.00. The highest BCUT2D eigenvalue weighted by Gasteiger charge is 2.30. The van der Waals surface area contributed by atoms with Gasteiger partial charge in [-0.2, -0.15) is 0 Å². The highest BCUT2D eigenvalue weighted by molar-refractivity contribution is 5.80. The molecule has 1 fully saturated rings. The fraction of sp³-hybridized carbons (Fsp3) is 0.471. The van der Waals surface area contributed by atoms with E-state index in [0.29, 0.717) is 19.6 Å². The van der Waals surface area contributed by atoms with E-state index in [1.807, 2.05) is 24.3 Å². The molecule has 0 radical (unpaired) electrons. The van der Waals surface area contributed by atoms with E-state index in [1.165, 1.54) is 7.11 Å². The molecule has 3 rings (SSSR count). The molecule has 0 unspecified atom stereocenters. The van der Waals surface area contributed by atoms with Gasteiger partial charge in [0.25, 0.3) is 0 Å².